The van der Waals surface area contributed by atoms with Crippen LogP contribution in [0.25, 0.3) is 10.9 Å². The lowest BCUT2D eigenvalue weighted by Gasteiger charge is -2.63. The summed E-state index contributed by atoms with van der Waals surface area (Å²) in [5.41, 5.74) is -0.467. The molecule has 2 saturated heterocycles. The minimum atomic E-state index is -2.94. The SMILES string of the molecule is CCCCNCc1ccc2[nH]c3c(c2c1)CCN1C[C@H](C[C@@H](C(C)(F)F)C1)C[C@]3(C(=O)OC)c1cc2c(cc1OC)N(C)[C@H]1[C@@](O)(C(=O)OC)[C@H](OC(C)=O)[C@]3(CC)C=CCN4CC[C@]21[C@@H]43. The number of nitrogens with zero attached hydrogens (tertiary/aromatic N) is 3. The van der Waals surface area contributed by atoms with E-state index < -0.39 is 63.7 Å². The molecule has 13 nitrogen and oxygen atoms in total. The highest BCUT2D eigenvalue weighted by atomic mass is 19.3. The quantitative estimate of drug-likeness (QED) is 0.0847. The fourth-order valence-corrected chi connectivity index (χ4v) is 14.2. The monoisotopic (exact) mass is 915 g/mol. The highest BCUT2D eigenvalue weighted by Gasteiger charge is 2.80. The molecular weight excluding hydrogens is 849 g/mol. The van der Waals surface area contributed by atoms with Crippen LogP contribution in [0.5, 0.6) is 5.75 Å². The van der Waals surface area contributed by atoms with Crippen LogP contribution in [-0.2, 0) is 52.4 Å². The van der Waals surface area contributed by atoms with Gasteiger partial charge in [0.1, 0.15) is 11.2 Å². The van der Waals surface area contributed by atoms with E-state index in [0.717, 1.165) is 53.9 Å². The molecule has 6 heterocycles. The third kappa shape index (κ3) is 6.67. The maximum atomic E-state index is 15.5. The molecule has 66 heavy (non-hydrogen) atoms. The van der Waals surface area contributed by atoms with Crippen LogP contribution in [0.2, 0.25) is 0 Å². The Morgan fingerprint density at radius 3 is 2.47 bits per heavy atom. The standard InChI is InChI=1S/C51H67F2N5O8/c1-9-11-18-54-27-31-13-14-38-35(23-31)34-15-20-57-28-32(22-33(29-57)47(4,52)53)26-50(41(34)55-38,45(60)64-7)37-24-36-39(25-40(37)63-6)56(5)43-49(36)17-21-58-19-12-16-48(10-2,42(49)58)44(66-30(3)59)51(43,62)46(61)65-8/h12-14,16,23-25,32-33,42-44,54-55,62H,9-11,15,17-22,26-29H2,1-8H3/t32-,33-,42+,43-,44-,48-,49-,50+,51+/m1/s1. The molecule has 3 aromatic rings. The number of piperidine rings is 1. The zero-order valence-electron chi connectivity index (χ0n) is 39.7. The number of aromatic nitrogens is 1. The van der Waals surface area contributed by atoms with Gasteiger partial charge in [-0.05, 0) is 99.3 Å². The zero-order chi connectivity index (χ0) is 47.1. The largest absolute Gasteiger partial charge is 0.496 e. The van der Waals surface area contributed by atoms with Crippen molar-refractivity contribution in [2.75, 3.05) is 72.5 Å². The second kappa shape index (κ2) is 16.9. The predicted molar refractivity (Wildman–Crippen MR) is 246 cm³/mol. The topological polar surface area (TPSA) is 146 Å². The van der Waals surface area contributed by atoms with E-state index in [9.17, 15) is 14.7 Å². The number of carbonyl (C=O) groups is 3. The number of nitrogens with one attached hydrogen (secondary N) is 2. The molecule has 1 spiro atoms. The summed E-state index contributed by atoms with van der Waals surface area (Å²) in [4.78, 5) is 53.3. The summed E-state index contributed by atoms with van der Waals surface area (Å²) in [6.45, 7) is 10.5. The number of aromatic amines is 1. The Morgan fingerprint density at radius 1 is 1.02 bits per heavy atom. The molecule has 1 saturated carbocycles. The fraction of sp³-hybridized carbons (Fsp3) is 0.627. The van der Waals surface area contributed by atoms with Gasteiger partial charge < -0.3 is 44.2 Å². The third-order valence-electron chi connectivity index (χ3n) is 16.8. The van der Waals surface area contributed by atoms with Crippen molar-refractivity contribution in [1.29, 1.82) is 0 Å². The lowest BCUT2D eigenvalue weighted by Crippen LogP contribution is -2.81. The van der Waals surface area contributed by atoms with Crippen LogP contribution in [-0.4, -0.2) is 135 Å². The molecule has 358 valence electrons. The summed E-state index contributed by atoms with van der Waals surface area (Å²) in [7, 11) is 6.00. The van der Waals surface area contributed by atoms with E-state index in [1.165, 1.54) is 21.1 Å². The number of H-pyrrole nitrogens is 1. The molecule has 10 atom stereocenters. The van der Waals surface area contributed by atoms with Gasteiger partial charge in [0.25, 0.3) is 0 Å². The second-order valence-electron chi connectivity index (χ2n) is 20.2. The van der Waals surface area contributed by atoms with E-state index in [1.807, 2.05) is 43.2 Å². The Labute approximate surface area is 386 Å². The molecule has 1 aliphatic carbocycles. The number of anilines is 1. The minimum absolute atomic E-state index is 0.146. The number of benzene rings is 2. The van der Waals surface area contributed by atoms with Gasteiger partial charge in [-0.1, -0.05) is 38.5 Å². The number of halogens is 2. The van der Waals surface area contributed by atoms with Gasteiger partial charge in [0.15, 0.2) is 6.10 Å². The fourth-order valence-electron chi connectivity index (χ4n) is 14.2. The van der Waals surface area contributed by atoms with Gasteiger partial charge in [0, 0.05) is 103 Å². The maximum Gasteiger partial charge on any atom is 0.344 e. The van der Waals surface area contributed by atoms with Crippen molar-refractivity contribution in [3.63, 3.8) is 0 Å². The van der Waals surface area contributed by atoms with Gasteiger partial charge in [-0.3, -0.25) is 14.5 Å². The summed E-state index contributed by atoms with van der Waals surface area (Å²) >= 11 is 0. The van der Waals surface area contributed by atoms with Crippen LogP contribution in [0.3, 0.4) is 0 Å². The number of ether oxygens (including phenoxy) is 4. The van der Waals surface area contributed by atoms with Crippen molar-refractivity contribution < 1.29 is 47.2 Å². The molecule has 3 fully saturated rings. The van der Waals surface area contributed by atoms with Gasteiger partial charge in [-0.2, -0.15) is 0 Å². The molecule has 5 aliphatic heterocycles. The van der Waals surface area contributed by atoms with Crippen molar-refractivity contribution in [2.45, 2.75) is 120 Å². The Balaban J connectivity index is 1.33. The Bertz CT molecular complexity index is 2440. The van der Waals surface area contributed by atoms with Gasteiger partial charge in [-0.25, -0.2) is 13.6 Å². The summed E-state index contributed by atoms with van der Waals surface area (Å²) in [6.07, 6.45) is 6.65. The van der Waals surface area contributed by atoms with Crippen LogP contribution >= 0.6 is 0 Å². The first-order valence-electron chi connectivity index (χ1n) is 23.9. The number of methoxy groups -OCH3 is 3. The molecule has 9 rings (SSSR count). The van der Waals surface area contributed by atoms with E-state index >= 15 is 13.6 Å². The van der Waals surface area contributed by atoms with Crippen LogP contribution < -0.4 is 15.0 Å². The molecule has 15 heteroatoms. The maximum absolute atomic E-state index is 15.5. The van der Waals surface area contributed by atoms with E-state index in [4.69, 9.17) is 18.9 Å². The average Bonchev–Trinajstić information content (AvgIpc) is 3.96. The number of rotatable bonds is 12. The molecule has 2 bridgehead atoms. The van der Waals surface area contributed by atoms with E-state index in [0.29, 0.717) is 74.7 Å². The molecule has 2 aromatic carbocycles. The normalized spacial score (nSPS) is 33.5. The Morgan fingerprint density at radius 2 is 1.79 bits per heavy atom. The van der Waals surface area contributed by atoms with Gasteiger partial charge in [-0.15, -0.1) is 0 Å². The number of likely N-dealkylation sites (N-methyl/N-ethyl adjacent to an activating group) is 1. The van der Waals surface area contributed by atoms with Crippen molar-refractivity contribution in [3.05, 3.63) is 70.4 Å². The van der Waals surface area contributed by atoms with Crippen LogP contribution in [0.15, 0.2) is 42.5 Å². The first-order chi connectivity index (χ1) is 31.5. The van der Waals surface area contributed by atoms with E-state index in [-0.39, 0.29) is 31.3 Å². The number of carbonyl (C=O) groups excluding carboxylic acids is 3. The lowest BCUT2D eigenvalue weighted by molar-refractivity contribution is -0.228. The lowest BCUT2D eigenvalue weighted by atomic mass is 9.47. The van der Waals surface area contributed by atoms with Crippen molar-refractivity contribution in [3.8, 4) is 5.75 Å². The van der Waals surface area contributed by atoms with Crippen molar-refractivity contribution in [2.24, 2.45) is 17.3 Å². The highest BCUT2D eigenvalue weighted by Crippen LogP contribution is 2.68. The summed E-state index contributed by atoms with van der Waals surface area (Å²) in [5, 5.41) is 17.9. The average molecular weight is 916 g/mol. The number of alkyl halides is 2. The van der Waals surface area contributed by atoms with Crippen molar-refractivity contribution >= 4 is 34.5 Å². The molecule has 0 radical (unpaired) electrons. The smallest absolute Gasteiger partial charge is 0.344 e. The van der Waals surface area contributed by atoms with Crippen LogP contribution in [0.4, 0.5) is 14.5 Å². The highest BCUT2D eigenvalue weighted by molar-refractivity contribution is 5.95. The number of unbranched alkanes of at least 4 members (excludes halogenated alkanes) is 1. The Hall–Kier alpha value is -4.57. The first-order valence-corrected chi connectivity index (χ1v) is 23.9. The number of hydrogen-bond donors (Lipinski definition) is 3. The molecule has 0 amide bonds. The molecule has 1 unspecified atom stereocenters. The third-order valence-corrected chi connectivity index (χ3v) is 16.8. The predicted octanol–water partition coefficient (Wildman–Crippen LogP) is 6.01. The second-order valence-corrected chi connectivity index (χ2v) is 20.2. The summed E-state index contributed by atoms with van der Waals surface area (Å²) in [6, 6.07) is 8.90. The number of fused-ring (bicyclic) bond motifs is 6. The number of hydrogen-bond acceptors (Lipinski definition) is 12. The first kappa shape index (κ1) is 46.5. The number of aliphatic hydroxyl groups is 1. The van der Waals surface area contributed by atoms with E-state index in [2.05, 4.69) is 45.2 Å². The zero-order valence-corrected chi connectivity index (χ0v) is 39.7. The van der Waals surface area contributed by atoms with Crippen LogP contribution in [0, 0.1) is 17.3 Å². The van der Waals surface area contributed by atoms with Gasteiger partial charge >= 0.3 is 17.9 Å². The minimum Gasteiger partial charge on any atom is -0.496 e. The van der Waals surface area contributed by atoms with Crippen LogP contribution in [0.1, 0.15) is 94.2 Å². The van der Waals surface area contributed by atoms with Gasteiger partial charge in [0.2, 0.25) is 11.5 Å². The number of esters is 3. The summed E-state index contributed by atoms with van der Waals surface area (Å²) in [5.74, 6) is -5.94. The molecule has 3 N–H and O–H groups in total. The van der Waals surface area contributed by atoms with Crippen molar-refractivity contribution in [1.82, 2.24) is 20.1 Å². The summed E-state index contributed by atoms with van der Waals surface area (Å²) < 4.78 is 55.1. The molecular formula is C51H67F2N5O8. The Kier molecular flexibility index (Phi) is 11.9. The van der Waals surface area contributed by atoms with E-state index in [1.54, 1.807) is 7.11 Å². The molecule has 6 aliphatic rings. The molecule has 1 aromatic heterocycles. The van der Waals surface area contributed by atoms with Gasteiger partial charge in [0.05, 0.1) is 27.4 Å².